The van der Waals surface area contributed by atoms with Gasteiger partial charge in [-0.15, -0.1) is 11.3 Å². The number of hydrogen-bond acceptors (Lipinski definition) is 5. The third-order valence-corrected chi connectivity index (χ3v) is 2.75. The molecule has 0 amide bonds. The molecule has 0 bridgehead atoms. The highest BCUT2D eigenvalue weighted by atomic mass is 32.1. The Hall–Kier alpha value is -1.38. The quantitative estimate of drug-likeness (QED) is 0.800. The molecule has 0 unspecified atom stereocenters. The highest BCUT2D eigenvalue weighted by Crippen LogP contribution is 2.23. The Balaban J connectivity index is 3.01. The molecule has 1 aromatic rings. The van der Waals surface area contributed by atoms with E-state index in [1.54, 1.807) is 26.2 Å². The van der Waals surface area contributed by atoms with Crippen molar-refractivity contribution in [1.29, 1.82) is 5.26 Å². The second-order valence-corrected chi connectivity index (χ2v) is 5.15. The summed E-state index contributed by atoms with van der Waals surface area (Å²) in [6.07, 6.45) is 0. The molecular formula is C11H14N2O2S. The third kappa shape index (κ3) is 2.81. The van der Waals surface area contributed by atoms with Gasteiger partial charge in [-0.25, -0.2) is 4.79 Å². The maximum Gasteiger partial charge on any atom is 0.339 e. The van der Waals surface area contributed by atoms with Crippen LogP contribution in [-0.2, 0) is 11.3 Å². The molecule has 16 heavy (non-hydrogen) atoms. The summed E-state index contributed by atoms with van der Waals surface area (Å²) in [5.41, 5.74) is 5.95. The average molecular weight is 238 g/mol. The molecule has 86 valence electrons. The van der Waals surface area contributed by atoms with Crippen molar-refractivity contribution in [3.05, 3.63) is 21.4 Å². The lowest BCUT2D eigenvalue weighted by Gasteiger charge is -2.19. The first-order valence-corrected chi connectivity index (χ1v) is 5.71. The zero-order valence-corrected chi connectivity index (χ0v) is 10.4. The summed E-state index contributed by atoms with van der Waals surface area (Å²) >= 11 is 1.21. The minimum Gasteiger partial charge on any atom is -0.456 e. The molecule has 2 N–H and O–H groups in total. The number of carbonyl (C=O) groups excluding carboxylic acids is 1. The van der Waals surface area contributed by atoms with Crippen LogP contribution in [0.25, 0.3) is 0 Å². The minimum absolute atomic E-state index is 0.168. The van der Waals surface area contributed by atoms with E-state index in [4.69, 9.17) is 15.7 Å². The molecule has 0 aromatic carbocycles. The number of thiophene rings is 1. The molecule has 4 nitrogen and oxygen atoms in total. The fraction of sp³-hybridized carbons (Fsp3) is 0.455. The van der Waals surface area contributed by atoms with E-state index in [0.717, 1.165) is 0 Å². The van der Waals surface area contributed by atoms with Crippen LogP contribution in [0, 0.1) is 11.3 Å². The van der Waals surface area contributed by atoms with Crippen LogP contribution in [0.2, 0.25) is 0 Å². The van der Waals surface area contributed by atoms with Crippen LogP contribution in [0.1, 0.15) is 41.6 Å². The number of nitriles is 1. The zero-order chi connectivity index (χ0) is 12.3. The maximum atomic E-state index is 11.8. The maximum absolute atomic E-state index is 11.8. The van der Waals surface area contributed by atoms with Gasteiger partial charge in [-0.1, -0.05) is 0 Å². The third-order valence-electron chi connectivity index (χ3n) is 1.82. The highest BCUT2D eigenvalue weighted by Gasteiger charge is 2.22. The Morgan fingerprint density at radius 1 is 1.62 bits per heavy atom. The molecule has 0 spiro atoms. The lowest BCUT2D eigenvalue weighted by Crippen LogP contribution is -2.24. The van der Waals surface area contributed by atoms with E-state index in [2.05, 4.69) is 0 Å². The first kappa shape index (κ1) is 12.7. The summed E-state index contributed by atoms with van der Waals surface area (Å²) in [5, 5.41) is 10.4. The van der Waals surface area contributed by atoms with Crippen molar-refractivity contribution in [2.24, 2.45) is 5.73 Å². The highest BCUT2D eigenvalue weighted by molar-refractivity contribution is 7.11. The molecule has 0 aliphatic carbocycles. The van der Waals surface area contributed by atoms with Gasteiger partial charge >= 0.3 is 5.97 Å². The van der Waals surface area contributed by atoms with Gasteiger partial charge in [0.2, 0.25) is 0 Å². The number of hydrogen-bond donors (Lipinski definition) is 1. The topological polar surface area (TPSA) is 76.1 Å². The monoisotopic (exact) mass is 238 g/mol. The predicted octanol–water partition coefficient (Wildman–Crippen LogP) is 2.03. The minimum atomic E-state index is -0.544. The molecule has 1 aromatic heterocycles. The Morgan fingerprint density at radius 3 is 2.69 bits per heavy atom. The van der Waals surface area contributed by atoms with E-state index in [1.807, 2.05) is 6.07 Å². The number of esters is 1. The second kappa shape index (κ2) is 4.64. The van der Waals surface area contributed by atoms with E-state index in [0.29, 0.717) is 16.0 Å². The Morgan fingerprint density at radius 2 is 2.25 bits per heavy atom. The van der Waals surface area contributed by atoms with E-state index in [9.17, 15) is 4.79 Å². The van der Waals surface area contributed by atoms with Crippen molar-refractivity contribution in [2.45, 2.75) is 32.9 Å². The lowest BCUT2D eigenvalue weighted by atomic mass is 10.1. The van der Waals surface area contributed by atoms with Crippen LogP contribution in [0.3, 0.4) is 0 Å². The van der Waals surface area contributed by atoms with Crippen molar-refractivity contribution in [1.82, 2.24) is 0 Å². The smallest absolute Gasteiger partial charge is 0.339 e. The van der Waals surface area contributed by atoms with Crippen LogP contribution in [0.4, 0.5) is 0 Å². The lowest BCUT2D eigenvalue weighted by molar-refractivity contribution is 0.00690. The molecule has 0 aliphatic rings. The SMILES string of the molecule is CC(C)(C)OC(=O)c1csc(C#N)c1CN. The van der Waals surface area contributed by atoms with Crippen molar-refractivity contribution < 1.29 is 9.53 Å². The molecule has 1 rings (SSSR count). The first-order valence-electron chi connectivity index (χ1n) is 4.83. The van der Waals surface area contributed by atoms with Gasteiger partial charge in [0.1, 0.15) is 16.5 Å². The zero-order valence-electron chi connectivity index (χ0n) is 9.53. The van der Waals surface area contributed by atoms with Gasteiger partial charge in [0.15, 0.2) is 0 Å². The van der Waals surface area contributed by atoms with Crippen molar-refractivity contribution >= 4 is 17.3 Å². The van der Waals surface area contributed by atoms with Crippen molar-refractivity contribution in [3.8, 4) is 6.07 Å². The van der Waals surface area contributed by atoms with Crippen molar-refractivity contribution in [3.63, 3.8) is 0 Å². The van der Waals surface area contributed by atoms with Crippen LogP contribution >= 0.6 is 11.3 Å². The molecule has 0 fully saturated rings. The number of carbonyl (C=O) groups is 1. The fourth-order valence-electron chi connectivity index (χ4n) is 1.18. The molecule has 0 aliphatic heterocycles. The number of nitrogens with zero attached hydrogens (tertiary/aromatic N) is 1. The molecule has 0 radical (unpaired) electrons. The summed E-state index contributed by atoms with van der Waals surface area (Å²) < 4.78 is 5.23. The van der Waals surface area contributed by atoms with Gasteiger partial charge in [-0.05, 0) is 20.8 Å². The van der Waals surface area contributed by atoms with Crippen LogP contribution in [0.5, 0.6) is 0 Å². The molecule has 0 atom stereocenters. The van der Waals surface area contributed by atoms with Crippen LogP contribution in [0.15, 0.2) is 5.38 Å². The Labute approximate surface area is 98.6 Å². The van der Waals surface area contributed by atoms with E-state index >= 15 is 0 Å². The fourth-order valence-corrected chi connectivity index (χ4v) is 2.05. The summed E-state index contributed by atoms with van der Waals surface area (Å²) in [4.78, 5) is 12.3. The molecule has 1 heterocycles. The molecule has 5 heteroatoms. The van der Waals surface area contributed by atoms with Gasteiger partial charge in [-0.2, -0.15) is 5.26 Å². The van der Waals surface area contributed by atoms with Crippen molar-refractivity contribution in [2.75, 3.05) is 0 Å². The van der Waals surface area contributed by atoms with Gasteiger partial charge in [0.25, 0.3) is 0 Å². The molecular weight excluding hydrogens is 224 g/mol. The van der Waals surface area contributed by atoms with Crippen LogP contribution < -0.4 is 5.73 Å². The average Bonchev–Trinajstić information content (AvgIpc) is 2.57. The van der Waals surface area contributed by atoms with Gasteiger partial charge < -0.3 is 10.5 Å². The van der Waals surface area contributed by atoms with E-state index in [-0.39, 0.29) is 6.54 Å². The summed E-state index contributed by atoms with van der Waals surface area (Å²) in [6, 6.07) is 2.02. The predicted molar refractivity (Wildman–Crippen MR) is 62.1 cm³/mol. The number of rotatable bonds is 2. The molecule has 0 saturated carbocycles. The largest absolute Gasteiger partial charge is 0.456 e. The van der Waals surface area contributed by atoms with Gasteiger partial charge in [0, 0.05) is 17.5 Å². The van der Waals surface area contributed by atoms with E-state index < -0.39 is 11.6 Å². The van der Waals surface area contributed by atoms with Gasteiger partial charge in [-0.3, -0.25) is 0 Å². The number of nitrogens with two attached hydrogens (primary N) is 1. The Bertz CT molecular complexity index is 438. The summed E-state index contributed by atoms with van der Waals surface area (Å²) in [6.45, 7) is 5.56. The van der Waals surface area contributed by atoms with E-state index in [1.165, 1.54) is 11.3 Å². The molecule has 0 saturated heterocycles. The normalized spacial score (nSPS) is 10.9. The standard InChI is InChI=1S/C11H14N2O2S/c1-11(2,3)15-10(14)8-6-16-9(5-13)7(8)4-12/h6H,4,12H2,1-3H3. The van der Waals surface area contributed by atoms with Gasteiger partial charge in [0.05, 0.1) is 5.56 Å². The summed E-state index contributed by atoms with van der Waals surface area (Å²) in [5.74, 6) is -0.425. The summed E-state index contributed by atoms with van der Waals surface area (Å²) in [7, 11) is 0. The second-order valence-electron chi connectivity index (χ2n) is 4.27. The first-order chi connectivity index (χ1) is 7.39. The Kier molecular flexibility index (Phi) is 3.68. The number of ether oxygens (including phenoxy) is 1. The van der Waals surface area contributed by atoms with Crippen LogP contribution in [-0.4, -0.2) is 11.6 Å².